The quantitative estimate of drug-likeness (QED) is 0.742. The van der Waals surface area contributed by atoms with Gasteiger partial charge in [-0.15, -0.1) is 0 Å². The Morgan fingerprint density at radius 2 is 2.12 bits per heavy atom. The highest BCUT2D eigenvalue weighted by molar-refractivity contribution is 7.80. The van der Waals surface area contributed by atoms with Gasteiger partial charge in [0.1, 0.15) is 0 Å². The van der Waals surface area contributed by atoms with Crippen molar-refractivity contribution < 1.29 is 4.79 Å². The molecule has 4 atom stereocenters. The minimum Gasteiger partial charge on any atom is -0.393 e. The number of nitrogens with one attached hydrogen (secondary N) is 1. The summed E-state index contributed by atoms with van der Waals surface area (Å²) in [6.07, 6.45) is 4.17. The molecule has 0 radical (unpaired) electrons. The highest BCUT2D eigenvalue weighted by Crippen LogP contribution is 2.33. The van der Waals surface area contributed by atoms with Crippen LogP contribution in [-0.2, 0) is 4.79 Å². The zero-order valence-corrected chi connectivity index (χ0v) is 11.8. The zero-order valence-electron chi connectivity index (χ0n) is 11.0. The van der Waals surface area contributed by atoms with Gasteiger partial charge in [0.25, 0.3) is 0 Å². The van der Waals surface area contributed by atoms with E-state index in [0.717, 1.165) is 12.3 Å². The third-order valence-corrected chi connectivity index (χ3v) is 4.43. The first-order valence-corrected chi connectivity index (χ1v) is 7.01. The number of hydrogen-bond acceptors (Lipinski definition) is 2. The van der Waals surface area contributed by atoms with Crippen molar-refractivity contribution in [2.24, 2.45) is 23.5 Å². The summed E-state index contributed by atoms with van der Waals surface area (Å²) in [5, 5.41) is 3.12. The smallest absolute Gasteiger partial charge is 0.230 e. The van der Waals surface area contributed by atoms with E-state index in [4.69, 9.17) is 18.0 Å². The molecule has 0 aromatic carbocycles. The van der Waals surface area contributed by atoms with Crippen molar-refractivity contribution in [1.82, 2.24) is 5.32 Å². The van der Waals surface area contributed by atoms with Gasteiger partial charge >= 0.3 is 0 Å². The van der Waals surface area contributed by atoms with E-state index in [2.05, 4.69) is 19.2 Å². The monoisotopic (exact) mass is 256 g/mol. The highest BCUT2D eigenvalue weighted by atomic mass is 32.1. The number of amides is 1. The molecule has 0 aliphatic heterocycles. The number of hydrogen-bond donors (Lipinski definition) is 2. The number of nitrogens with two attached hydrogens (primary N) is 1. The van der Waals surface area contributed by atoms with E-state index in [9.17, 15) is 4.79 Å². The van der Waals surface area contributed by atoms with Crippen LogP contribution in [0.3, 0.4) is 0 Å². The van der Waals surface area contributed by atoms with Gasteiger partial charge in [0.2, 0.25) is 5.91 Å². The van der Waals surface area contributed by atoms with Gasteiger partial charge < -0.3 is 11.1 Å². The van der Waals surface area contributed by atoms with Crippen LogP contribution in [0.1, 0.15) is 46.5 Å². The van der Waals surface area contributed by atoms with Crippen LogP contribution in [0.5, 0.6) is 0 Å². The molecule has 1 rings (SSSR count). The summed E-state index contributed by atoms with van der Waals surface area (Å²) in [5.74, 6) is 1.00. The summed E-state index contributed by atoms with van der Waals surface area (Å²) in [6, 6.07) is 0.302. The van der Waals surface area contributed by atoms with Crippen molar-refractivity contribution >= 4 is 23.1 Å². The van der Waals surface area contributed by atoms with Crippen molar-refractivity contribution in [3.63, 3.8) is 0 Å². The van der Waals surface area contributed by atoms with Crippen LogP contribution in [0, 0.1) is 17.8 Å². The molecule has 0 bridgehead atoms. The second-order valence-electron chi connectivity index (χ2n) is 5.08. The van der Waals surface area contributed by atoms with Gasteiger partial charge in [0.05, 0.1) is 10.9 Å². The van der Waals surface area contributed by atoms with Crippen LogP contribution in [0.4, 0.5) is 0 Å². The molecule has 1 aliphatic carbocycles. The number of carbonyl (C=O) groups excluding carboxylic acids is 1. The topological polar surface area (TPSA) is 55.1 Å². The summed E-state index contributed by atoms with van der Waals surface area (Å²) >= 11 is 4.93. The van der Waals surface area contributed by atoms with Crippen molar-refractivity contribution in [3.8, 4) is 0 Å². The van der Waals surface area contributed by atoms with Gasteiger partial charge in [-0.1, -0.05) is 39.4 Å². The maximum absolute atomic E-state index is 12.0. The van der Waals surface area contributed by atoms with Crippen molar-refractivity contribution in [3.05, 3.63) is 0 Å². The molecule has 1 amide bonds. The summed E-state index contributed by atoms with van der Waals surface area (Å²) < 4.78 is 0. The molecule has 4 heteroatoms. The van der Waals surface area contributed by atoms with E-state index < -0.39 is 0 Å². The average Bonchev–Trinajstić information content (AvgIpc) is 2.60. The van der Waals surface area contributed by atoms with Crippen molar-refractivity contribution in [2.75, 3.05) is 0 Å². The molecule has 0 aromatic rings. The Morgan fingerprint density at radius 3 is 2.53 bits per heavy atom. The molecule has 1 saturated carbocycles. The maximum atomic E-state index is 12.0. The van der Waals surface area contributed by atoms with Crippen LogP contribution in [0.2, 0.25) is 0 Å². The van der Waals surface area contributed by atoms with E-state index in [0.29, 0.717) is 23.4 Å². The Bertz CT molecular complexity index is 293. The molecule has 1 fully saturated rings. The lowest BCUT2D eigenvalue weighted by Gasteiger charge is -2.23. The predicted molar refractivity (Wildman–Crippen MR) is 74.7 cm³/mol. The average molecular weight is 256 g/mol. The van der Waals surface area contributed by atoms with Gasteiger partial charge in [-0.25, -0.2) is 0 Å². The molecule has 0 heterocycles. The number of rotatable bonds is 5. The molecule has 3 nitrogen and oxygen atoms in total. The lowest BCUT2D eigenvalue weighted by Crippen LogP contribution is -2.44. The Hall–Kier alpha value is -0.640. The molecular formula is C13H24N2OS. The normalized spacial score (nSPS) is 29.9. The summed E-state index contributed by atoms with van der Waals surface area (Å²) in [6.45, 7) is 6.39. The Balaban J connectivity index is 2.55. The van der Waals surface area contributed by atoms with E-state index in [1.54, 1.807) is 0 Å². The van der Waals surface area contributed by atoms with Crippen LogP contribution >= 0.6 is 12.2 Å². The van der Waals surface area contributed by atoms with Gasteiger partial charge in [0.15, 0.2) is 0 Å². The zero-order chi connectivity index (χ0) is 13.0. The molecule has 98 valence electrons. The van der Waals surface area contributed by atoms with E-state index in [-0.39, 0.29) is 11.8 Å². The second-order valence-corrected chi connectivity index (χ2v) is 5.55. The lowest BCUT2D eigenvalue weighted by molar-refractivity contribution is -0.124. The first-order valence-electron chi connectivity index (χ1n) is 6.60. The standard InChI is InChI=1S/C13H24N2OS/c1-4-9-6-7-11(8(9)3)15-13(16)10(5-2)12(14)17/h8-11H,4-7H2,1-3H3,(H2,14,17)(H,15,16). The van der Waals surface area contributed by atoms with Gasteiger partial charge in [-0.05, 0) is 31.1 Å². The van der Waals surface area contributed by atoms with Crippen LogP contribution in [0.15, 0.2) is 0 Å². The molecule has 4 unspecified atom stereocenters. The molecule has 3 N–H and O–H groups in total. The summed E-state index contributed by atoms with van der Waals surface area (Å²) in [5.41, 5.74) is 5.58. The Labute approximate surface area is 110 Å². The van der Waals surface area contributed by atoms with Crippen LogP contribution in [0.25, 0.3) is 0 Å². The minimum atomic E-state index is -0.308. The van der Waals surface area contributed by atoms with Crippen LogP contribution in [-0.4, -0.2) is 16.9 Å². The number of carbonyl (C=O) groups is 1. The van der Waals surface area contributed by atoms with Crippen molar-refractivity contribution in [2.45, 2.75) is 52.5 Å². The first kappa shape index (κ1) is 14.4. The SMILES string of the molecule is CCC(C(=O)NC1CCC(CC)C1C)C(N)=S. The van der Waals surface area contributed by atoms with E-state index in [1.165, 1.54) is 12.8 Å². The number of thiocarbonyl (C=S) groups is 1. The highest BCUT2D eigenvalue weighted by Gasteiger charge is 2.33. The molecule has 0 saturated heterocycles. The van der Waals surface area contributed by atoms with E-state index in [1.807, 2.05) is 6.92 Å². The van der Waals surface area contributed by atoms with Gasteiger partial charge in [-0.3, -0.25) is 4.79 Å². The van der Waals surface area contributed by atoms with E-state index >= 15 is 0 Å². The first-order chi connectivity index (χ1) is 8.01. The largest absolute Gasteiger partial charge is 0.393 e. The summed E-state index contributed by atoms with van der Waals surface area (Å²) in [7, 11) is 0. The Kier molecular flexibility index (Phi) is 5.37. The molecule has 1 aliphatic rings. The summed E-state index contributed by atoms with van der Waals surface area (Å²) in [4.78, 5) is 12.3. The van der Waals surface area contributed by atoms with Gasteiger partial charge in [-0.2, -0.15) is 0 Å². The fraction of sp³-hybridized carbons (Fsp3) is 0.846. The van der Waals surface area contributed by atoms with Crippen LogP contribution < -0.4 is 11.1 Å². The minimum absolute atomic E-state index is 0.00797. The third-order valence-electron chi connectivity index (χ3n) is 4.15. The molecule has 0 aromatic heterocycles. The molecule has 17 heavy (non-hydrogen) atoms. The molecular weight excluding hydrogens is 232 g/mol. The fourth-order valence-corrected chi connectivity index (χ4v) is 3.10. The maximum Gasteiger partial charge on any atom is 0.230 e. The third kappa shape index (κ3) is 3.41. The second kappa shape index (κ2) is 6.34. The van der Waals surface area contributed by atoms with Gasteiger partial charge in [0, 0.05) is 6.04 Å². The Morgan fingerprint density at radius 1 is 1.47 bits per heavy atom. The predicted octanol–water partition coefficient (Wildman–Crippen LogP) is 2.24. The lowest BCUT2D eigenvalue weighted by atomic mass is 9.93. The molecule has 0 spiro atoms. The fourth-order valence-electron chi connectivity index (χ4n) is 2.83. The van der Waals surface area contributed by atoms with Crippen molar-refractivity contribution in [1.29, 1.82) is 0 Å².